The second-order valence-electron chi connectivity index (χ2n) is 5.01. The molecular weight excluding hydrogens is 308 g/mol. The van der Waals surface area contributed by atoms with E-state index in [1.807, 2.05) is 0 Å². The SMILES string of the molecule is CCOC(=O)c1cccc(NC(=O)Nc2cccc(OC)c2)c1C. The van der Waals surface area contributed by atoms with Crippen LogP contribution in [0.2, 0.25) is 0 Å². The van der Waals surface area contributed by atoms with Gasteiger partial charge in [0.05, 0.1) is 19.3 Å². The number of anilines is 2. The van der Waals surface area contributed by atoms with Gasteiger partial charge in [-0.3, -0.25) is 0 Å². The van der Waals surface area contributed by atoms with Gasteiger partial charge >= 0.3 is 12.0 Å². The number of methoxy groups -OCH3 is 1. The summed E-state index contributed by atoms with van der Waals surface area (Å²) in [7, 11) is 1.56. The second-order valence-corrected chi connectivity index (χ2v) is 5.01. The van der Waals surface area contributed by atoms with E-state index in [1.54, 1.807) is 63.4 Å². The largest absolute Gasteiger partial charge is 0.497 e. The van der Waals surface area contributed by atoms with Crippen LogP contribution in [0.1, 0.15) is 22.8 Å². The van der Waals surface area contributed by atoms with E-state index in [9.17, 15) is 9.59 Å². The van der Waals surface area contributed by atoms with Crippen molar-refractivity contribution in [3.05, 3.63) is 53.6 Å². The molecule has 0 aliphatic carbocycles. The molecule has 0 aliphatic heterocycles. The number of ether oxygens (including phenoxy) is 2. The molecule has 0 saturated carbocycles. The van der Waals surface area contributed by atoms with Gasteiger partial charge in [-0.25, -0.2) is 9.59 Å². The standard InChI is InChI=1S/C18H20N2O4/c1-4-24-17(21)15-9-6-10-16(12(15)2)20-18(22)19-13-7-5-8-14(11-13)23-3/h5-11H,4H2,1-3H3,(H2,19,20,22). The summed E-state index contributed by atoms with van der Waals surface area (Å²) in [6, 6.07) is 11.7. The van der Waals surface area contributed by atoms with Crippen LogP contribution in [0.15, 0.2) is 42.5 Å². The molecule has 0 heterocycles. The summed E-state index contributed by atoms with van der Waals surface area (Å²) in [5, 5.41) is 5.45. The molecule has 0 saturated heterocycles. The molecule has 0 aromatic heterocycles. The van der Waals surface area contributed by atoms with Gasteiger partial charge in [-0.15, -0.1) is 0 Å². The molecule has 0 radical (unpaired) electrons. The van der Waals surface area contributed by atoms with E-state index >= 15 is 0 Å². The Morgan fingerprint density at radius 2 is 1.83 bits per heavy atom. The maximum Gasteiger partial charge on any atom is 0.338 e. The first kappa shape index (κ1) is 17.3. The highest BCUT2D eigenvalue weighted by Gasteiger charge is 2.14. The number of rotatable bonds is 5. The van der Waals surface area contributed by atoms with Crippen molar-refractivity contribution in [3.63, 3.8) is 0 Å². The lowest BCUT2D eigenvalue weighted by atomic mass is 10.1. The minimum Gasteiger partial charge on any atom is -0.497 e. The predicted octanol–water partition coefficient (Wildman–Crippen LogP) is 3.82. The molecule has 0 bridgehead atoms. The van der Waals surface area contributed by atoms with Gasteiger partial charge in [0.1, 0.15) is 5.75 Å². The number of hydrogen-bond acceptors (Lipinski definition) is 4. The smallest absolute Gasteiger partial charge is 0.338 e. The van der Waals surface area contributed by atoms with Gasteiger partial charge < -0.3 is 20.1 Å². The molecule has 0 aliphatic rings. The summed E-state index contributed by atoms with van der Waals surface area (Å²) in [6.45, 7) is 3.80. The molecule has 0 atom stereocenters. The summed E-state index contributed by atoms with van der Waals surface area (Å²) in [4.78, 5) is 24.1. The molecule has 0 unspecified atom stereocenters. The lowest BCUT2D eigenvalue weighted by molar-refractivity contribution is 0.0525. The van der Waals surface area contributed by atoms with Gasteiger partial charge in [-0.1, -0.05) is 12.1 Å². The molecule has 2 rings (SSSR count). The lowest BCUT2D eigenvalue weighted by Gasteiger charge is -2.13. The van der Waals surface area contributed by atoms with Crippen molar-refractivity contribution in [3.8, 4) is 5.75 Å². The third kappa shape index (κ3) is 4.25. The molecule has 2 aromatic rings. The van der Waals surface area contributed by atoms with Crippen molar-refractivity contribution in [2.45, 2.75) is 13.8 Å². The Hall–Kier alpha value is -3.02. The predicted molar refractivity (Wildman–Crippen MR) is 92.8 cm³/mol. The van der Waals surface area contributed by atoms with Crippen molar-refractivity contribution in [1.29, 1.82) is 0 Å². The Bertz CT molecular complexity index is 744. The minimum absolute atomic E-state index is 0.298. The fourth-order valence-corrected chi connectivity index (χ4v) is 2.19. The average molecular weight is 328 g/mol. The maximum atomic E-state index is 12.2. The Balaban J connectivity index is 2.11. The van der Waals surface area contributed by atoms with Crippen LogP contribution in [-0.2, 0) is 4.74 Å². The van der Waals surface area contributed by atoms with Crippen LogP contribution in [0.5, 0.6) is 5.75 Å². The fourth-order valence-electron chi connectivity index (χ4n) is 2.19. The third-order valence-corrected chi connectivity index (χ3v) is 3.40. The van der Waals surface area contributed by atoms with Crippen LogP contribution in [0.3, 0.4) is 0 Å². The van der Waals surface area contributed by atoms with Gasteiger partial charge in [0, 0.05) is 17.4 Å². The zero-order valence-electron chi connectivity index (χ0n) is 13.9. The maximum absolute atomic E-state index is 12.2. The van der Waals surface area contributed by atoms with Gasteiger partial charge in [0.15, 0.2) is 0 Å². The lowest BCUT2D eigenvalue weighted by Crippen LogP contribution is -2.20. The first-order valence-electron chi connectivity index (χ1n) is 7.54. The number of esters is 1. The normalized spacial score (nSPS) is 9.96. The summed E-state index contributed by atoms with van der Waals surface area (Å²) >= 11 is 0. The summed E-state index contributed by atoms with van der Waals surface area (Å²) in [5.41, 5.74) is 2.22. The molecule has 126 valence electrons. The number of carbonyl (C=O) groups is 2. The molecular formula is C18H20N2O4. The monoisotopic (exact) mass is 328 g/mol. The third-order valence-electron chi connectivity index (χ3n) is 3.40. The summed E-state index contributed by atoms with van der Waals surface area (Å²) in [6.07, 6.45) is 0. The summed E-state index contributed by atoms with van der Waals surface area (Å²) in [5.74, 6) is 0.236. The highest BCUT2D eigenvalue weighted by Crippen LogP contribution is 2.21. The number of urea groups is 1. The molecule has 6 nitrogen and oxygen atoms in total. The van der Waals surface area contributed by atoms with Crippen LogP contribution in [0.4, 0.5) is 16.2 Å². The van der Waals surface area contributed by atoms with Crippen molar-refractivity contribution >= 4 is 23.4 Å². The molecule has 24 heavy (non-hydrogen) atoms. The van der Waals surface area contributed by atoms with Gasteiger partial charge in [-0.2, -0.15) is 0 Å². The van der Waals surface area contributed by atoms with Gasteiger partial charge in [0.25, 0.3) is 0 Å². The zero-order valence-corrected chi connectivity index (χ0v) is 13.9. The van der Waals surface area contributed by atoms with E-state index in [0.717, 1.165) is 0 Å². The summed E-state index contributed by atoms with van der Waals surface area (Å²) < 4.78 is 10.1. The number of amides is 2. The molecule has 6 heteroatoms. The Kier molecular flexibility index (Phi) is 5.78. The molecule has 2 N–H and O–H groups in total. The van der Waals surface area contributed by atoms with Crippen molar-refractivity contribution < 1.29 is 19.1 Å². The van der Waals surface area contributed by atoms with Gasteiger partial charge in [-0.05, 0) is 43.7 Å². The molecule has 0 fully saturated rings. The minimum atomic E-state index is -0.410. The van der Waals surface area contributed by atoms with E-state index in [4.69, 9.17) is 9.47 Å². The highest BCUT2D eigenvalue weighted by molar-refractivity contribution is 6.02. The van der Waals surface area contributed by atoms with E-state index in [0.29, 0.717) is 34.9 Å². The van der Waals surface area contributed by atoms with Crippen molar-refractivity contribution in [2.75, 3.05) is 24.4 Å². The van der Waals surface area contributed by atoms with E-state index in [1.165, 1.54) is 0 Å². The van der Waals surface area contributed by atoms with Crippen LogP contribution in [-0.4, -0.2) is 25.7 Å². The Labute approximate surface area is 140 Å². The highest BCUT2D eigenvalue weighted by atomic mass is 16.5. The first-order valence-corrected chi connectivity index (χ1v) is 7.54. The Morgan fingerprint density at radius 1 is 1.08 bits per heavy atom. The number of nitrogens with one attached hydrogen (secondary N) is 2. The topological polar surface area (TPSA) is 76.7 Å². The first-order chi connectivity index (χ1) is 11.5. The van der Waals surface area contributed by atoms with E-state index < -0.39 is 12.0 Å². The van der Waals surface area contributed by atoms with Crippen molar-refractivity contribution in [1.82, 2.24) is 0 Å². The molecule has 2 amide bonds. The van der Waals surface area contributed by atoms with E-state index in [-0.39, 0.29) is 0 Å². The van der Waals surface area contributed by atoms with Crippen LogP contribution in [0.25, 0.3) is 0 Å². The number of hydrogen-bond donors (Lipinski definition) is 2. The van der Waals surface area contributed by atoms with Crippen LogP contribution >= 0.6 is 0 Å². The fraction of sp³-hybridized carbons (Fsp3) is 0.222. The zero-order chi connectivity index (χ0) is 17.5. The van der Waals surface area contributed by atoms with Crippen LogP contribution < -0.4 is 15.4 Å². The number of carbonyl (C=O) groups excluding carboxylic acids is 2. The molecule has 2 aromatic carbocycles. The second kappa shape index (κ2) is 8.01. The molecule has 0 spiro atoms. The van der Waals surface area contributed by atoms with Crippen LogP contribution in [0, 0.1) is 6.92 Å². The number of benzene rings is 2. The quantitative estimate of drug-likeness (QED) is 0.818. The average Bonchev–Trinajstić information content (AvgIpc) is 2.57. The van der Waals surface area contributed by atoms with Gasteiger partial charge in [0.2, 0.25) is 0 Å². The van der Waals surface area contributed by atoms with Crippen molar-refractivity contribution in [2.24, 2.45) is 0 Å². The van der Waals surface area contributed by atoms with E-state index in [2.05, 4.69) is 10.6 Å². The Morgan fingerprint density at radius 3 is 2.54 bits per heavy atom.